The summed E-state index contributed by atoms with van der Waals surface area (Å²) in [6, 6.07) is 9.86. The number of ether oxygens (including phenoxy) is 3. The maximum atomic E-state index is 14.5. The van der Waals surface area contributed by atoms with Gasteiger partial charge in [-0.1, -0.05) is 12.1 Å². The summed E-state index contributed by atoms with van der Waals surface area (Å²) >= 11 is 0. The molecule has 1 saturated heterocycles. The number of hydrogen-bond donors (Lipinski definition) is 1. The zero-order valence-corrected chi connectivity index (χ0v) is 15.0. The fourth-order valence-electron chi connectivity index (χ4n) is 3.33. The Morgan fingerprint density at radius 1 is 1.22 bits per heavy atom. The van der Waals surface area contributed by atoms with Crippen LogP contribution in [-0.4, -0.2) is 31.4 Å². The first-order valence-corrected chi connectivity index (χ1v) is 8.90. The van der Waals surface area contributed by atoms with Crippen LogP contribution in [0.5, 0.6) is 11.5 Å². The minimum atomic E-state index is -0.578. The van der Waals surface area contributed by atoms with E-state index < -0.39 is 5.82 Å². The zero-order chi connectivity index (χ0) is 18.8. The van der Waals surface area contributed by atoms with E-state index in [0.29, 0.717) is 34.7 Å². The molecule has 1 aliphatic heterocycles. The smallest absolute Gasteiger partial charge is 0.200 e. The van der Waals surface area contributed by atoms with Gasteiger partial charge in [0, 0.05) is 18.4 Å². The van der Waals surface area contributed by atoms with Crippen LogP contribution in [-0.2, 0) is 4.74 Å². The van der Waals surface area contributed by atoms with Crippen molar-refractivity contribution in [2.45, 2.75) is 18.9 Å². The third-order valence-corrected chi connectivity index (χ3v) is 4.80. The first kappa shape index (κ1) is 17.5. The third kappa shape index (κ3) is 3.40. The third-order valence-electron chi connectivity index (χ3n) is 4.80. The van der Waals surface area contributed by atoms with Crippen LogP contribution in [0.2, 0.25) is 0 Å². The molecule has 1 aromatic heterocycles. The van der Waals surface area contributed by atoms with Crippen molar-refractivity contribution in [3.63, 3.8) is 0 Å². The van der Waals surface area contributed by atoms with Gasteiger partial charge in [0.05, 0.1) is 24.1 Å². The maximum Gasteiger partial charge on any atom is 0.200 e. The first-order valence-electron chi connectivity index (χ1n) is 8.90. The highest BCUT2D eigenvalue weighted by molar-refractivity contribution is 5.88. The summed E-state index contributed by atoms with van der Waals surface area (Å²) in [5.74, 6) is 0.554. The van der Waals surface area contributed by atoms with Gasteiger partial charge in [0.25, 0.3) is 0 Å². The predicted octanol–water partition coefficient (Wildman–Crippen LogP) is 3.90. The summed E-state index contributed by atoms with van der Waals surface area (Å²) in [4.78, 5) is 16.0. The van der Waals surface area contributed by atoms with E-state index in [1.807, 2.05) is 0 Å². The van der Waals surface area contributed by atoms with Gasteiger partial charge in [0.15, 0.2) is 5.43 Å². The van der Waals surface area contributed by atoms with Crippen molar-refractivity contribution >= 4 is 10.9 Å². The highest BCUT2D eigenvalue weighted by Gasteiger charge is 2.19. The van der Waals surface area contributed by atoms with Crippen molar-refractivity contribution in [3.8, 4) is 22.6 Å². The Morgan fingerprint density at radius 3 is 2.74 bits per heavy atom. The van der Waals surface area contributed by atoms with Crippen LogP contribution in [0.15, 0.2) is 47.4 Å². The van der Waals surface area contributed by atoms with Gasteiger partial charge in [0.2, 0.25) is 0 Å². The van der Waals surface area contributed by atoms with E-state index >= 15 is 0 Å². The van der Waals surface area contributed by atoms with E-state index in [4.69, 9.17) is 14.2 Å². The van der Waals surface area contributed by atoms with Crippen LogP contribution >= 0.6 is 0 Å². The van der Waals surface area contributed by atoms with E-state index in [0.717, 1.165) is 19.4 Å². The van der Waals surface area contributed by atoms with Crippen molar-refractivity contribution < 1.29 is 18.6 Å². The van der Waals surface area contributed by atoms with Gasteiger partial charge >= 0.3 is 0 Å². The molecule has 1 atom stereocenters. The zero-order valence-electron chi connectivity index (χ0n) is 15.0. The number of H-pyrrole nitrogens is 1. The SMILES string of the molecule is COc1ccc(-c2c[nH]c3c(OCC4CCCO4)ccc(F)c3c2=O)cc1. The van der Waals surface area contributed by atoms with Gasteiger partial charge in [-0.2, -0.15) is 0 Å². The molecule has 27 heavy (non-hydrogen) atoms. The number of rotatable bonds is 5. The molecule has 0 radical (unpaired) electrons. The van der Waals surface area contributed by atoms with Gasteiger partial charge in [-0.3, -0.25) is 4.79 Å². The molecule has 6 heteroatoms. The quantitative estimate of drug-likeness (QED) is 0.741. The summed E-state index contributed by atoms with van der Waals surface area (Å²) in [7, 11) is 1.57. The molecule has 1 unspecified atom stereocenters. The number of hydrogen-bond acceptors (Lipinski definition) is 4. The second-order valence-electron chi connectivity index (χ2n) is 6.50. The number of halogens is 1. The van der Waals surface area contributed by atoms with Gasteiger partial charge in [-0.05, 0) is 42.7 Å². The van der Waals surface area contributed by atoms with Crippen molar-refractivity contribution in [1.29, 1.82) is 0 Å². The van der Waals surface area contributed by atoms with Crippen LogP contribution in [0.4, 0.5) is 4.39 Å². The van der Waals surface area contributed by atoms with Crippen molar-refractivity contribution in [1.82, 2.24) is 4.98 Å². The lowest BCUT2D eigenvalue weighted by Crippen LogP contribution is -2.17. The molecule has 0 aliphatic carbocycles. The Bertz CT molecular complexity index is 1010. The molecular formula is C21H20FNO4. The molecule has 1 N–H and O–H groups in total. The molecule has 0 bridgehead atoms. The molecule has 4 rings (SSSR count). The van der Waals surface area contributed by atoms with Crippen LogP contribution in [0, 0.1) is 5.82 Å². The Balaban J connectivity index is 1.73. The number of fused-ring (bicyclic) bond motifs is 1. The van der Waals surface area contributed by atoms with E-state index in [1.54, 1.807) is 37.6 Å². The number of pyridine rings is 1. The summed E-state index contributed by atoms with van der Waals surface area (Å²) in [5.41, 5.74) is 1.05. The lowest BCUT2D eigenvalue weighted by atomic mass is 10.0. The summed E-state index contributed by atoms with van der Waals surface area (Å²) in [5, 5.41) is -0.00633. The minimum absolute atomic E-state index is 0.00633. The molecule has 1 fully saturated rings. The second-order valence-corrected chi connectivity index (χ2v) is 6.50. The Hall–Kier alpha value is -2.86. The van der Waals surface area contributed by atoms with Crippen LogP contribution in [0.3, 0.4) is 0 Å². The summed E-state index contributed by atoms with van der Waals surface area (Å²) in [6.45, 7) is 1.11. The second kappa shape index (κ2) is 7.40. The van der Waals surface area contributed by atoms with Crippen LogP contribution < -0.4 is 14.9 Å². The highest BCUT2D eigenvalue weighted by atomic mass is 19.1. The first-order chi connectivity index (χ1) is 13.2. The molecule has 1 aliphatic rings. The Labute approximate surface area is 155 Å². The maximum absolute atomic E-state index is 14.5. The van der Waals surface area contributed by atoms with Crippen molar-refractivity contribution in [3.05, 3.63) is 58.6 Å². The van der Waals surface area contributed by atoms with Crippen LogP contribution in [0.25, 0.3) is 22.0 Å². The average molecular weight is 369 g/mol. The number of benzene rings is 2. The van der Waals surface area contributed by atoms with E-state index in [2.05, 4.69) is 4.98 Å². The van der Waals surface area contributed by atoms with Gasteiger partial charge in [0.1, 0.15) is 23.9 Å². The molecular weight excluding hydrogens is 349 g/mol. The number of aromatic amines is 1. The normalized spacial score (nSPS) is 16.6. The Morgan fingerprint density at radius 2 is 2.04 bits per heavy atom. The standard InChI is InChI=1S/C21H20FNO4/c1-25-14-6-4-13(5-7-14)16-11-23-20-18(27-12-15-3-2-10-26-15)9-8-17(22)19(20)21(16)24/h4-9,11,15H,2-3,10,12H2,1H3,(H,23,24). The van der Waals surface area contributed by atoms with Crippen LogP contribution in [0.1, 0.15) is 12.8 Å². The molecule has 0 amide bonds. The predicted molar refractivity (Wildman–Crippen MR) is 101 cm³/mol. The van der Waals surface area contributed by atoms with Gasteiger partial charge in [-0.15, -0.1) is 0 Å². The summed E-state index contributed by atoms with van der Waals surface area (Å²) in [6.07, 6.45) is 3.58. The number of aromatic nitrogens is 1. The van der Waals surface area contributed by atoms with Crippen molar-refractivity contribution in [2.75, 3.05) is 20.3 Å². The largest absolute Gasteiger partial charge is 0.497 e. The highest BCUT2D eigenvalue weighted by Crippen LogP contribution is 2.28. The molecule has 2 aromatic carbocycles. The Kier molecular flexibility index (Phi) is 4.81. The molecule has 0 saturated carbocycles. The number of nitrogens with one attached hydrogen (secondary N) is 1. The fourth-order valence-corrected chi connectivity index (χ4v) is 3.33. The minimum Gasteiger partial charge on any atom is -0.497 e. The lowest BCUT2D eigenvalue weighted by Gasteiger charge is -2.14. The van der Waals surface area contributed by atoms with Gasteiger partial charge in [-0.25, -0.2) is 4.39 Å². The molecule has 2 heterocycles. The van der Waals surface area contributed by atoms with Crippen molar-refractivity contribution in [2.24, 2.45) is 0 Å². The van der Waals surface area contributed by atoms with Gasteiger partial charge < -0.3 is 19.2 Å². The number of methoxy groups -OCH3 is 1. The lowest BCUT2D eigenvalue weighted by molar-refractivity contribution is 0.0684. The summed E-state index contributed by atoms with van der Waals surface area (Å²) < 4.78 is 31.0. The molecule has 0 spiro atoms. The monoisotopic (exact) mass is 369 g/mol. The van der Waals surface area contributed by atoms with E-state index in [9.17, 15) is 9.18 Å². The topological polar surface area (TPSA) is 60.6 Å². The molecule has 140 valence electrons. The molecule has 3 aromatic rings. The van der Waals surface area contributed by atoms with E-state index in [-0.39, 0.29) is 16.9 Å². The average Bonchev–Trinajstić information content (AvgIpc) is 3.21. The fraction of sp³-hybridized carbons (Fsp3) is 0.286. The van der Waals surface area contributed by atoms with E-state index in [1.165, 1.54) is 12.1 Å². The molecule has 5 nitrogen and oxygen atoms in total.